The first-order valence-corrected chi connectivity index (χ1v) is 9.89. The molecule has 0 amide bonds. The van der Waals surface area contributed by atoms with Gasteiger partial charge >= 0.3 is 5.97 Å². The van der Waals surface area contributed by atoms with Gasteiger partial charge in [-0.05, 0) is 74.8 Å². The number of aryl methyl sites for hydroxylation is 1. The lowest BCUT2D eigenvalue weighted by Crippen LogP contribution is -2.23. The molecule has 2 rings (SSSR count). The topological polar surface area (TPSA) is 111 Å². The fourth-order valence-corrected chi connectivity index (χ4v) is 3.95. The number of aliphatic hydroxyl groups is 3. The van der Waals surface area contributed by atoms with E-state index in [0.29, 0.717) is 44.9 Å². The van der Waals surface area contributed by atoms with E-state index < -0.39 is 24.3 Å². The summed E-state index contributed by atoms with van der Waals surface area (Å²) >= 11 is 0. The van der Waals surface area contributed by atoms with Gasteiger partial charge < -0.3 is 24.8 Å². The van der Waals surface area contributed by atoms with E-state index in [4.69, 9.17) is 9.52 Å². The highest BCUT2D eigenvalue weighted by Crippen LogP contribution is 2.38. The van der Waals surface area contributed by atoms with Crippen LogP contribution in [0.5, 0.6) is 0 Å². The lowest BCUT2D eigenvalue weighted by atomic mass is 9.85. The van der Waals surface area contributed by atoms with Crippen LogP contribution in [0.25, 0.3) is 0 Å². The summed E-state index contributed by atoms with van der Waals surface area (Å²) in [7, 11) is 0. The molecular formula is C21H32O6. The molecular weight excluding hydrogens is 348 g/mol. The lowest BCUT2D eigenvalue weighted by Gasteiger charge is -2.23. The van der Waals surface area contributed by atoms with Gasteiger partial charge in [-0.2, -0.15) is 0 Å². The molecule has 3 unspecified atom stereocenters. The monoisotopic (exact) mass is 380 g/mol. The fourth-order valence-electron chi connectivity index (χ4n) is 3.95. The van der Waals surface area contributed by atoms with Crippen molar-refractivity contribution in [3.8, 4) is 0 Å². The number of furan rings is 1. The average Bonchev–Trinajstić information content (AvgIpc) is 3.22. The third-order valence-corrected chi connectivity index (χ3v) is 5.54. The molecule has 1 aromatic rings. The minimum absolute atomic E-state index is 0.0169. The van der Waals surface area contributed by atoms with Crippen molar-refractivity contribution in [1.82, 2.24) is 0 Å². The van der Waals surface area contributed by atoms with Crippen LogP contribution in [0.1, 0.15) is 56.9 Å². The zero-order valence-electron chi connectivity index (χ0n) is 15.7. The number of allylic oxidation sites excluding steroid dienone is 2. The van der Waals surface area contributed by atoms with Gasteiger partial charge in [0.05, 0.1) is 30.8 Å². The first-order chi connectivity index (χ1) is 13.0. The second-order valence-electron chi connectivity index (χ2n) is 7.59. The van der Waals surface area contributed by atoms with Crippen LogP contribution < -0.4 is 0 Å². The molecule has 0 bridgehead atoms. The summed E-state index contributed by atoms with van der Waals surface area (Å²) in [6, 6.07) is 1.89. The SMILES string of the molecule is O=C(O)CCCC=CCC1C(CCC(O)CCc2ccoc2)[C@H](O)C[C@@H]1O. The molecule has 152 valence electrons. The molecule has 0 spiro atoms. The van der Waals surface area contributed by atoms with Crippen LogP contribution in [0.3, 0.4) is 0 Å². The summed E-state index contributed by atoms with van der Waals surface area (Å²) in [4.78, 5) is 10.5. The average molecular weight is 380 g/mol. The zero-order chi connectivity index (χ0) is 19.6. The Morgan fingerprint density at radius 1 is 1.22 bits per heavy atom. The number of carboxylic acids is 1. The van der Waals surface area contributed by atoms with Gasteiger partial charge in [-0.1, -0.05) is 12.2 Å². The molecule has 1 heterocycles. The third-order valence-electron chi connectivity index (χ3n) is 5.54. The van der Waals surface area contributed by atoms with Crippen LogP contribution in [0.4, 0.5) is 0 Å². The summed E-state index contributed by atoms with van der Waals surface area (Å²) in [6.45, 7) is 0. The summed E-state index contributed by atoms with van der Waals surface area (Å²) in [5, 5.41) is 39.4. The van der Waals surface area contributed by atoms with Crippen molar-refractivity contribution in [2.24, 2.45) is 11.8 Å². The molecule has 6 nitrogen and oxygen atoms in total. The van der Waals surface area contributed by atoms with Crippen LogP contribution in [0.15, 0.2) is 35.2 Å². The van der Waals surface area contributed by atoms with Gasteiger partial charge in [-0.25, -0.2) is 0 Å². The Balaban J connectivity index is 1.73. The number of unbranched alkanes of at least 4 members (excludes halogenated alkanes) is 1. The molecule has 1 aliphatic carbocycles. The number of aliphatic carboxylic acids is 1. The first kappa shape index (κ1) is 21.7. The largest absolute Gasteiger partial charge is 0.481 e. The Bertz CT molecular complexity index is 567. The number of hydrogen-bond acceptors (Lipinski definition) is 5. The summed E-state index contributed by atoms with van der Waals surface area (Å²) in [5.41, 5.74) is 1.07. The van der Waals surface area contributed by atoms with Crippen molar-refractivity contribution in [3.63, 3.8) is 0 Å². The van der Waals surface area contributed by atoms with E-state index in [1.165, 1.54) is 0 Å². The minimum Gasteiger partial charge on any atom is -0.481 e. The van der Waals surface area contributed by atoms with Gasteiger partial charge in [-0.15, -0.1) is 0 Å². The van der Waals surface area contributed by atoms with Crippen molar-refractivity contribution < 1.29 is 29.6 Å². The number of carboxylic acid groups (broad SMARTS) is 1. The maximum absolute atomic E-state index is 10.5. The molecule has 6 heteroatoms. The molecule has 0 aliphatic heterocycles. The number of hydrogen-bond donors (Lipinski definition) is 4. The number of carbonyl (C=O) groups is 1. The van der Waals surface area contributed by atoms with Gasteiger partial charge in [-0.3, -0.25) is 4.79 Å². The predicted octanol–water partition coefficient (Wildman–Crippen LogP) is 2.91. The van der Waals surface area contributed by atoms with Crippen LogP contribution in [-0.4, -0.2) is 44.7 Å². The molecule has 1 fully saturated rings. The summed E-state index contributed by atoms with van der Waals surface area (Å²) in [6.07, 6.45) is 11.0. The van der Waals surface area contributed by atoms with E-state index in [9.17, 15) is 20.1 Å². The molecule has 4 N–H and O–H groups in total. The van der Waals surface area contributed by atoms with Gasteiger partial charge in [0.25, 0.3) is 0 Å². The van der Waals surface area contributed by atoms with Crippen molar-refractivity contribution in [3.05, 3.63) is 36.3 Å². The van der Waals surface area contributed by atoms with Gasteiger partial charge in [0.15, 0.2) is 0 Å². The maximum Gasteiger partial charge on any atom is 0.303 e. The van der Waals surface area contributed by atoms with E-state index in [0.717, 1.165) is 12.0 Å². The van der Waals surface area contributed by atoms with E-state index in [1.807, 2.05) is 18.2 Å². The van der Waals surface area contributed by atoms with Crippen LogP contribution >= 0.6 is 0 Å². The van der Waals surface area contributed by atoms with E-state index in [2.05, 4.69) is 0 Å². The Morgan fingerprint density at radius 2 is 2.00 bits per heavy atom. The highest BCUT2D eigenvalue weighted by molar-refractivity contribution is 5.66. The second kappa shape index (κ2) is 11.3. The maximum atomic E-state index is 10.5. The predicted molar refractivity (Wildman–Crippen MR) is 101 cm³/mol. The molecule has 1 saturated carbocycles. The normalized spacial score (nSPS) is 26.6. The van der Waals surface area contributed by atoms with Gasteiger partial charge in [0.1, 0.15) is 0 Å². The van der Waals surface area contributed by atoms with Crippen molar-refractivity contribution in [2.45, 2.75) is 76.1 Å². The first-order valence-electron chi connectivity index (χ1n) is 9.89. The quantitative estimate of drug-likeness (QED) is 0.328. The van der Waals surface area contributed by atoms with Crippen LogP contribution in [0.2, 0.25) is 0 Å². The molecule has 1 aliphatic rings. The molecule has 0 radical (unpaired) electrons. The fraction of sp³-hybridized carbons (Fsp3) is 0.667. The van der Waals surface area contributed by atoms with Gasteiger partial charge in [0, 0.05) is 6.42 Å². The van der Waals surface area contributed by atoms with E-state index in [1.54, 1.807) is 12.5 Å². The van der Waals surface area contributed by atoms with Gasteiger partial charge in [0.2, 0.25) is 0 Å². The third kappa shape index (κ3) is 7.48. The molecule has 0 aromatic carbocycles. The van der Waals surface area contributed by atoms with Crippen molar-refractivity contribution >= 4 is 5.97 Å². The highest BCUT2D eigenvalue weighted by Gasteiger charge is 2.40. The molecule has 27 heavy (non-hydrogen) atoms. The van der Waals surface area contributed by atoms with Crippen LogP contribution in [0, 0.1) is 11.8 Å². The van der Waals surface area contributed by atoms with Crippen molar-refractivity contribution in [2.75, 3.05) is 0 Å². The molecule has 5 atom stereocenters. The summed E-state index contributed by atoms with van der Waals surface area (Å²) in [5.74, 6) is -0.826. The Kier molecular flexibility index (Phi) is 9.04. The number of aliphatic hydroxyl groups excluding tert-OH is 3. The second-order valence-corrected chi connectivity index (χ2v) is 7.59. The van der Waals surface area contributed by atoms with E-state index >= 15 is 0 Å². The van der Waals surface area contributed by atoms with Crippen molar-refractivity contribution in [1.29, 1.82) is 0 Å². The lowest BCUT2D eigenvalue weighted by molar-refractivity contribution is -0.137. The molecule has 1 aromatic heterocycles. The standard InChI is InChI=1S/C21H32O6/c22-16(8-7-15-11-12-27-14-15)9-10-18-17(19(23)13-20(18)24)5-3-1-2-4-6-21(25)26/h1,3,11-12,14,16-20,22-24H,2,4-10,13H2,(H,25,26)/t16?,17?,18?,19-,20+/m0/s1. The molecule has 0 saturated heterocycles. The number of rotatable bonds is 12. The zero-order valence-corrected chi connectivity index (χ0v) is 15.7. The smallest absolute Gasteiger partial charge is 0.303 e. The highest BCUT2D eigenvalue weighted by atomic mass is 16.4. The van der Waals surface area contributed by atoms with Crippen LogP contribution in [-0.2, 0) is 11.2 Å². The Morgan fingerprint density at radius 3 is 2.70 bits per heavy atom. The Hall–Kier alpha value is -1.63. The van der Waals surface area contributed by atoms with E-state index in [-0.39, 0.29) is 18.3 Å². The Labute approximate surface area is 160 Å². The minimum atomic E-state index is -0.788. The summed E-state index contributed by atoms with van der Waals surface area (Å²) < 4.78 is 5.02.